The van der Waals surface area contributed by atoms with Crippen molar-refractivity contribution in [3.05, 3.63) is 0 Å². The smallest absolute Gasteiger partial charge is 0.308 e. The number of carbonyl (C=O) groups is 1. The number of hydrogen-bond acceptors (Lipinski definition) is 4. The number of carboxylic acid groups (broad SMARTS) is 1. The van der Waals surface area contributed by atoms with Crippen molar-refractivity contribution in [3.8, 4) is 0 Å². The van der Waals surface area contributed by atoms with Crippen molar-refractivity contribution in [3.63, 3.8) is 0 Å². The molecule has 0 saturated heterocycles. The Morgan fingerprint density at radius 3 is 2.41 bits per heavy atom. The normalized spacial score (nSPS) is 20.1. The van der Waals surface area contributed by atoms with Crippen LogP contribution < -0.4 is 5.32 Å². The Bertz CT molecular complexity index is 346. The molecule has 6 heteroatoms. The van der Waals surface area contributed by atoms with E-state index in [2.05, 4.69) is 5.32 Å². The number of carboxylic acids is 1. The Morgan fingerprint density at radius 2 is 1.94 bits per heavy atom. The first-order valence-electron chi connectivity index (χ1n) is 6.02. The van der Waals surface area contributed by atoms with Gasteiger partial charge in [-0.25, -0.2) is 8.42 Å². The number of sulfone groups is 1. The van der Waals surface area contributed by atoms with Crippen molar-refractivity contribution in [2.75, 3.05) is 18.6 Å². The average Bonchev–Trinajstić information content (AvgIpc) is 2.24. The maximum Gasteiger partial charge on any atom is 0.308 e. The maximum absolute atomic E-state index is 11.1. The molecule has 1 atom stereocenters. The molecular formula is C11H21NO4S. The van der Waals surface area contributed by atoms with E-state index in [4.69, 9.17) is 5.11 Å². The summed E-state index contributed by atoms with van der Waals surface area (Å²) in [5.41, 5.74) is 0. The van der Waals surface area contributed by atoms with Crippen LogP contribution in [0.25, 0.3) is 0 Å². The zero-order valence-electron chi connectivity index (χ0n) is 10.2. The molecule has 0 spiro atoms. The van der Waals surface area contributed by atoms with E-state index >= 15 is 0 Å². The van der Waals surface area contributed by atoms with Crippen LogP contribution in [0.2, 0.25) is 0 Å². The second kappa shape index (κ2) is 6.35. The molecule has 1 saturated carbocycles. The second-order valence-electron chi connectivity index (χ2n) is 4.87. The van der Waals surface area contributed by atoms with E-state index in [1.54, 1.807) is 0 Å². The van der Waals surface area contributed by atoms with Gasteiger partial charge in [0.1, 0.15) is 9.84 Å². The molecule has 0 bridgehead atoms. The van der Waals surface area contributed by atoms with Crippen LogP contribution in [0.3, 0.4) is 0 Å². The van der Waals surface area contributed by atoms with Gasteiger partial charge in [0.05, 0.1) is 11.7 Å². The molecule has 0 aromatic carbocycles. The zero-order chi connectivity index (χ0) is 12.9. The minimum atomic E-state index is -3.24. The van der Waals surface area contributed by atoms with E-state index in [0.717, 1.165) is 19.1 Å². The number of rotatable bonds is 6. The van der Waals surface area contributed by atoms with Crippen molar-refractivity contribution >= 4 is 15.8 Å². The van der Waals surface area contributed by atoms with E-state index in [9.17, 15) is 13.2 Å². The highest BCUT2D eigenvalue weighted by Gasteiger charge is 2.24. The van der Waals surface area contributed by atoms with E-state index < -0.39 is 21.7 Å². The molecule has 2 N–H and O–H groups in total. The number of aliphatic carboxylic acids is 1. The van der Waals surface area contributed by atoms with Gasteiger partial charge in [-0.1, -0.05) is 19.3 Å². The third-order valence-corrected chi connectivity index (χ3v) is 4.12. The molecule has 0 aliphatic heterocycles. The van der Waals surface area contributed by atoms with Gasteiger partial charge in [-0.3, -0.25) is 4.79 Å². The molecule has 0 radical (unpaired) electrons. The highest BCUT2D eigenvalue weighted by Crippen LogP contribution is 2.17. The lowest BCUT2D eigenvalue weighted by Gasteiger charge is -2.24. The quantitative estimate of drug-likeness (QED) is 0.735. The first-order valence-corrected chi connectivity index (χ1v) is 8.08. The van der Waals surface area contributed by atoms with Gasteiger partial charge in [-0.15, -0.1) is 0 Å². The summed E-state index contributed by atoms with van der Waals surface area (Å²) in [6, 6.07) is 0.352. The van der Waals surface area contributed by atoms with Crippen molar-refractivity contribution in [2.45, 2.75) is 38.1 Å². The maximum atomic E-state index is 11.1. The fraction of sp³-hybridized carbons (Fsp3) is 0.909. The monoisotopic (exact) mass is 263 g/mol. The highest BCUT2D eigenvalue weighted by molar-refractivity contribution is 7.90. The molecule has 1 aliphatic carbocycles. The molecule has 17 heavy (non-hydrogen) atoms. The lowest BCUT2D eigenvalue weighted by atomic mass is 9.95. The Kier molecular flexibility index (Phi) is 5.39. The van der Waals surface area contributed by atoms with Gasteiger partial charge in [0.25, 0.3) is 0 Å². The van der Waals surface area contributed by atoms with E-state index in [1.807, 2.05) is 0 Å². The minimum absolute atomic E-state index is 0.243. The molecule has 1 rings (SSSR count). The van der Waals surface area contributed by atoms with Crippen LogP contribution >= 0.6 is 0 Å². The van der Waals surface area contributed by atoms with Crippen LogP contribution in [0.5, 0.6) is 0 Å². The summed E-state index contributed by atoms with van der Waals surface area (Å²) in [5, 5.41) is 12.1. The zero-order valence-corrected chi connectivity index (χ0v) is 11.0. The summed E-state index contributed by atoms with van der Waals surface area (Å²) in [6.07, 6.45) is 6.77. The van der Waals surface area contributed by atoms with E-state index in [1.165, 1.54) is 19.3 Å². The van der Waals surface area contributed by atoms with Gasteiger partial charge in [0.15, 0.2) is 0 Å². The first kappa shape index (κ1) is 14.4. The van der Waals surface area contributed by atoms with Crippen molar-refractivity contribution < 1.29 is 18.3 Å². The van der Waals surface area contributed by atoms with Gasteiger partial charge in [0, 0.05) is 18.8 Å². The standard InChI is InChI=1S/C11H21NO4S/c1-17(15,16)8-9(11(13)14)7-12-10-5-3-2-4-6-10/h9-10,12H,2-8H2,1H3,(H,13,14). The molecular weight excluding hydrogens is 242 g/mol. The van der Waals surface area contributed by atoms with Crippen LogP contribution in [0.4, 0.5) is 0 Å². The van der Waals surface area contributed by atoms with Gasteiger partial charge in [-0.2, -0.15) is 0 Å². The topological polar surface area (TPSA) is 83.5 Å². The molecule has 1 fully saturated rings. The third kappa shape index (κ3) is 6.02. The summed E-state index contributed by atoms with van der Waals surface area (Å²) in [6.45, 7) is 0.243. The van der Waals surface area contributed by atoms with E-state index in [-0.39, 0.29) is 12.3 Å². The predicted molar refractivity (Wildman–Crippen MR) is 65.7 cm³/mol. The summed E-state index contributed by atoms with van der Waals surface area (Å²) in [5.74, 6) is -2.17. The molecule has 0 aromatic rings. The fourth-order valence-electron chi connectivity index (χ4n) is 2.20. The van der Waals surface area contributed by atoms with Crippen molar-refractivity contribution in [1.82, 2.24) is 5.32 Å². The molecule has 5 nitrogen and oxygen atoms in total. The largest absolute Gasteiger partial charge is 0.481 e. The van der Waals surface area contributed by atoms with Crippen LogP contribution in [0.15, 0.2) is 0 Å². The Morgan fingerprint density at radius 1 is 1.35 bits per heavy atom. The van der Waals surface area contributed by atoms with Crippen molar-refractivity contribution in [2.24, 2.45) is 5.92 Å². The summed E-state index contributed by atoms with van der Waals surface area (Å²) < 4.78 is 22.2. The summed E-state index contributed by atoms with van der Waals surface area (Å²) in [4.78, 5) is 10.9. The predicted octanol–water partition coefficient (Wildman–Crippen LogP) is 0.654. The van der Waals surface area contributed by atoms with Crippen LogP contribution in [-0.4, -0.2) is 44.1 Å². The SMILES string of the molecule is CS(=O)(=O)CC(CNC1CCCCC1)C(=O)O. The lowest BCUT2D eigenvalue weighted by molar-refractivity contribution is -0.140. The summed E-state index contributed by atoms with van der Waals surface area (Å²) >= 11 is 0. The van der Waals surface area contributed by atoms with Crippen LogP contribution in [0.1, 0.15) is 32.1 Å². The molecule has 0 amide bonds. The van der Waals surface area contributed by atoms with Crippen LogP contribution in [0, 0.1) is 5.92 Å². The number of nitrogens with one attached hydrogen (secondary N) is 1. The van der Waals surface area contributed by atoms with Crippen molar-refractivity contribution in [1.29, 1.82) is 0 Å². The van der Waals surface area contributed by atoms with Gasteiger partial charge >= 0.3 is 5.97 Å². The Labute approximate surface area is 103 Å². The first-order chi connectivity index (χ1) is 7.88. The van der Waals surface area contributed by atoms with Gasteiger partial charge in [-0.05, 0) is 12.8 Å². The molecule has 0 heterocycles. The van der Waals surface area contributed by atoms with Gasteiger partial charge < -0.3 is 10.4 Å². The minimum Gasteiger partial charge on any atom is -0.481 e. The second-order valence-corrected chi connectivity index (χ2v) is 7.06. The van der Waals surface area contributed by atoms with Gasteiger partial charge in [0.2, 0.25) is 0 Å². The lowest BCUT2D eigenvalue weighted by Crippen LogP contribution is -2.39. The highest BCUT2D eigenvalue weighted by atomic mass is 32.2. The van der Waals surface area contributed by atoms with E-state index in [0.29, 0.717) is 6.04 Å². The molecule has 0 aromatic heterocycles. The number of hydrogen-bond donors (Lipinski definition) is 2. The fourth-order valence-corrected chi connectivity index (χ4v) is 3.19. The van der Waals surface area contributed by atoms with Crippen LogP contribution in [-0.2, 0) is 14.6 Å². The Balaban J connectivity index is 2.41. The summed E-state index contributed by atoms with van der Waals surface area (Å²) in [7, 11) is -3.24. The third-order valence-electron chi connectivity index (χ3n) is 3.11. The Hall–Kier alpha value is -0.620. The molecule has 1 aliphatic rings. The average molecular weight is 263 g/mol. The molecule has 1 unspecified atom stereocenters. The molecule has 100 valence electrons.